The van der Waals surface area contributed by atoms with E-state index >= 15 is 0 Å². The lowest BCUT2D eigenvalue weighted by Crippen LogP contribution is -2.43. The molecule has 1 amide bonds. The maximum Gasteiger partial charge on any atom is 0.227 e. The van der Waals surface area contributed by atoms with Gasteiger partial charge in [0, 0.05) is 12.6 Å². The zero-order valence-electron chi connectivity index (χ0n) is 12.0. The van der Waals surface area contributed by atoms with Gasteiger partial charge in [-0.15, -0.1) is 0 Å². The van der Waals surface area contributed by atoms with Crippen molar-refractivity contribution in [3.05, 3.63) is 29.8 Å². The average molecular weight is 278 g/mol. The van der Waals surface area contributed by atoms with Crippen molar-refractivity contribution in [1.82, 2.24) is 10.6 Å². The van der Waals surface area contributed by atoms with Gasteiger partial charge >= 0.3 is 0 Å². The van der Waals surface area contributed by atoms with Crippen molar-refractivity contribution in [2.75, 3.05) is 33.9 Å². The summed E-state index contributed by atoms with van der Waals surface area (Å²) in [7, 11) is 3.51. The molecule has 110 valence electrons. The number of methoxy groups -OCH3 is 1. The minimum atomic E-state index is -0.0872. The molecular weight excluding hydrogens is 256 g/mol. The molecule has 1 saturated heterocycles. The maximum atomic E-state index is 12.1. The van der Waals surface area contributed by atoms with Crippen molar-refractivity contribution in [1.29, 1.82) is 0 Å². The first-order valence-corrected chi connectivity index (χ1v) is 6.90. The summed E-state index contributed by atoms with van der Waals surface area (Å²) in [5.74, 6) is 0.823. The highest BCUT2D eigenvalue weighted by Crippen LogP contribution is 2.14. The lowest BCUT2D eigenvalue weighted by Gasteiger charge is -2.16. The molecule has 5 heteroatoms. The van der Waals surface area contributed by atoms with Gasteiger partial charge in [-0.2, -0.15) is 0 Å². The van der Waals surface area contributed by atoms with Gasteiger partial charge in [0.2, 0.25) is 5.91 Å². The Hall–Kier alpha value is -1.59. The van der Waals surface area contributed by atoms with Crippen LogP contribution in [0.4, 0.5) is 0 Å². The molecule has 0 saturated carbocycles. The molecule has 2 N–H and O–H groups in total. The maximum absolute atomic E-state index is 12.1. The lowest BCUT2D eigenvalue weighted by molar-refractivity contribution is -0.125. The number of nitrogens with one attached hydrogen (secondary N) is 2. The van der Waals surface area contributed by atoms with Crippen LogP contribution >= 0.6 is 0 Å². The van der Waals surface area contributed by atoms with Crippen molar-refractivity contribution in [3.8, 4) is 5.75 Å². The summed E-state index contributed by atoms with van der Waals surface area (Å²) in [5.41, 5.74) is 1.18. The van der Waals surface area contributed by atoms with E-state index in [0.717, 1.165) is 12.2 Å². The van der Waals surface area contributed by atoms with Gasteiger partial charge in [-0.3, -0.25) is 4.79 Å². The largest absolute Gasteiger partial charge is 0.497 e. The van der Waals surface area contributed by atoms with Crippen LogP contribution in [-0.2, 0) is 16.0 Å². The molecule has 20 heavy (non-hydrogen) atoms. The molecule has 0 spiro atoms. The van der Waals surface area contributed by atoms with Gasteiger partial charge in [0.05, 0.1) is 26.2 Å². The van der Waals surface area contributed by atoms with E-state index in [2.05, 4.69) is 10.6 Å². The van der Waals surface area contributed by atoms with Gasteiger partial charge in [0.1, 0.15) is 5.75 Å². The Bertz CT molecular complexity index is 433. The fourth-order valence-corrected chi connectivity index (χ4v) is 2.35. The fourth-order valence-electron chi connectivity index (χ4n) is 2.35. The highest BCUT2D eigenvalue weighted by Gasteiger charge is 2.32. The smallest absolute Gasteiger partial charge is 0.227 e. The van der Waals surface area contributed by atoms with Crippen LogP contribution in [0.15, 0.2) is 24.3 Å². The van der Waals surface area contributed by atoms with E-state index in [-0.39, 0.29) is 17.9 Å². The van der Waals surface area contributed by atoms with Gasteiger partial charge in [-0.1, -0.05) is 12.1 Å². The number of rotatable bonds is 6. The number of ether oxygens (including phenoxy) is 2. The van der Waals surface area contributed by atoms with Crippen LogP contribution in [0.1, 0.15) is 5.56 Å². The third-order valence-corrected chi connectivity index (χ3v) is 3.66. The number of benzene rings is 1. The van der Waals surface area contributed by atoms with Crippen LogP contribution < -0.4 is 15.4 Å². The van der Waals surface area contributed by atoms with Crippen LogP contribution in [0.2, 0.25) is 0 Å². The predicted octanol–water partition coefficient (Wildman–Crippen LogP) is 0.588. The Labute approximate surface area is 119 Å². The summed E-state index contributed by atoms with van der Waals surface area (Å²) in [4.78, 5) is 12.1. The van der Waals surface area contributed by atoms with Crippen LogP contribution in [0, 0.1) is 5.92 Å². The highest BCUT2D eigenvalue weighted by atomic mass is 16.5. The molecule has 0 bridgehead atoms. The minimum Gasteiger partial charge on any atom is -0.497 e. The van der Waals surface area contributed by atoms with E-state index in [9.17, 15) is 4.79 Å². The molecule has 2 unspecified atom stereocenters. The predicted molar refractivity (Wildman–Crippen MR) is 76.9 cm³/mol. The van der Waals surface area contributed by atoms with Crippen LogP contribution in [0.5, 0.6) is 5.75 Å². The second kappa shape index (κ2) is 7.26. The number of hydrogen-bond donors (Lipinski definition) is 2. The Morgan fingerprint density at radius 3 is 2.75 bits per heavy atom. The monoisotopic (exact) mass is 278 g/mol. The molecule has 0 radical (unpaired) electrons. The molecule has 1 aliphatic rings. The lowest BCUT2D eigenvalue weighted by atomic mass is 10.0. The second-order valence-electron chi connectivity index (χ2n) is 4.93. The van der Waals surface area contributed by atoms with E-state index in [1.54, 1.807) is 7.11 Å². The Balaban J connectivity index is 1.76. The summed E-state index contributed by atoms with van der Waals surface area (Å²) < 4.78 is 10.4. The van der Waals surface area contributed by atoms with Crippen molar-refractivity contribution < 1.29 is 14.3 Å². The van der Waals surface area contributed by atoms with E-state index in [1.807, 2.05) is 31.3 Å². The zero-order chi connectivity index (χ0) is 14.4. The summed E-state index contributed by atoms with van der Waals surface area (Å²) in [5, 5.41) is 6.09. The minimum absolute atomic E-state index is 0.0651. The Morgan fingerprint density at radius 1 is 1.35 bits per heavy atom. The van der Waals surface area contributed by atoms with Crippen molar-refractivity contribution >= 4 is 5.91 Å². The number of carbonyl (C=O) groups is 1. The number of likely N-dealkylation sites (N-methyl/N-ethyl adjacent to an activating group) is 1. The standard InChI is InChI=1S/C15H22N2O3/c1-16-14-10-20-9-13(14)15(18)17-8-7-11-3-5-12(19-2)6-4-11/h3-6,13-14,16H,7-10H2,1-2H3,(H,17,18). The average Bonchev–Trinajstić information content (AvgIpc) is 2.96. The van der Waals surface area contributed by atoms with E-state index in [4.69, 9.17) is 9.47 Å². The first kappa shape index (κ1) is 14.8. The molecule has 0 aliphatic carbocycles. The van der Waals surface area contributed by atoms with Crippen molar-refractivity contribution in [2.45, 2.75) is 12.5 Å². The first-order chi connectivity index (χ1) is 9.74. The summed E-state index contributed by atoms with van der Waals surface area (Å²) in [6, 6.07) is 8.01. The second-order valence-corrected chi connectivity index (χ2v) is 4.93. The van der Waals surface area contributed by atoms with Gasteiger partial charge < -0.3 is 20.1 Å². The Kier molecular flexibility index (Phi) is 5.38. The normalized spacial score (nSPS) is 21.7. The fraction of sp³-hybridized carbons (Fsp3) is 0.533. The van der Waals surface area contributed by atoms with Crippen LogP contribution in [0.3, 0.4) is 0 Å². The summed E-state index contributed by atoms with van der Waals surface area (Å²) in [6.07, 6.45) is 0.813. The number of amides is 1. The number of hydrogen-bond acceptors (Lipinski definition) is 4. The van der Waals surface area contributed by atoms with Crippen LogP contribution in [-0.4, -0.2) is 45.9 Å². The van der Waals surface area contributed by atoms with Gasteiger partial charge in [-0.05, 0) is 31.2 Å². The molecule has 2 rings (SSSR count). The summed E-state index contributed by atoms with van der Waals surface area (Å²) in [6.45, 7) is 1.74. The molecule has 2 atom stereocenters. The molecule has 1 aromatic carbocycles. The third kappa shape index (κ3) is 3.71. The molecular formula is C15H22N2O3. The third-order valence-electron chi connectivity index (χ3n) is 3.66. The SMILES string of the molecule is CNC1COCC1C(=O)NCCc1ccc(OC)cc1. The highest BCUT2D eigenvalue weighted by molar-refractivity contribution is 5.79. The molecule has 1 fully saturated rings. The van der Waals surface area contributed by atoms with E-state index in [0.29, 0.717) is 19.8 Å². The van der Waals surface area contributed by atoms with Gasteiger partial charge in [0.25, 0.3) is 0 Å². The van der Waals surface area contributed by atoms with Crippen LogP contribution in [0.25, 0.3) is 0 Å². The first-order valence-electron chi connectivity index (χ1n) is 6.90. The molecule has 1 aliphatic heterocycles. The quantitative estimate of drug-likeness (QED) is 0.799. The van der Waals surface area contributed by atoms with Crippen molar-refractivity contribution in [2.24, 2.45) is 5.92 Å². The molecule has 1 heterocycles. The topological polar surface area (TPSA) is 59.6 Å². The van der Waals surface area contributed by atoms with E-state index in [1.165, 1.54) is 5.56 Å². The molecule has 0 aromatic heterocycles. The summed E-state index contributed by atoms with van der Waals surface area (Å²) >= 11 is 0. The number of carbonyl (C=O) groups excluding carboxylic acids is 1. The van der Waals surface area contributed by atoms with Crippen molar-refractivity contribution in [3.63, 3.8) is 0 Å². The van der Waals surface area contributed by atoms with Gasteiger partial charge in [0.15, 0.2) is 0 Å². The zero-order valence-corrected chi connectivity index (χ0v) is 12.0. The Morgan fingerprint density at radius 2 is 2.10 bits per heavy atom. The molecule has 5 nitrogen and oxygen atoms in total. The van der Waals surface area contributed by atoms with Gasteiger partial charge in [-0.25, -0.2) is 0 Å². The molecule has 1 aromatic rings. The van der Waals surface area contributed by atoms with E-state index < -0.39 is 0 Å².